The first-order chi connectivity index (χ1) is 9.86. The van der Waals surface area contributed by atoms with E-state index < -0.39 is 28.4 Å². The van der Waals surface area contributed by atoms with Gasteiger partial charge in [0.25, 0.3) is 0 Å². The quantitative estimate of drug-likeness (QED) is 0.550. The summed E-state index contributed by atoms with van der Waals surface area (Å²) in [5.41, 5.74) is 1.14. The third-order valence-electron chi connectivity index (χ3n) is 4.07. The molecule has 2 aromatic carbocycles. The summed E-state index contributed by atoms with van der Waals surface area (Å²) in [7, 11) is 0. The second-order valence-electron chi connectivity index (χ2n) is 5.17. The molecule has 3 rings (SSSR count). The molecule has 0 saturated heterocycles. The van der Waals surface area contributed by atoms with Gasteiger partial charge in [-0.2, -0.15) is 0 Å². The lowest BCUT2D eigenvalue weighted by Gasteiger charge is -2.09. The van der Waals surface area contributed by atoms with Crippen LogP contribution in [0.1, 0.15) is 22.3 Å². The van der Waals surface area contributed by atoms with Crippen molar-refractivity contribution >= 4 is 10.8 Å². The molecule has 0 unspecified atom stereocenters. The van der Waals surface area contributed by atoms with Crippen LogP contribution in [-0.2, 0) is 18.0 Å². The van der Waals surface area contributed by atoms with Gasteiger partial charge in [0.05, 0.1) is 18.6 Å². The van der Waals surface area contributed by atoms with Crippen LogP contribution in [-0.4, -0.2) is 20.4 Å². The SMILES string of the molecule is Cc1c2c(c3c(C)c(O)c(O)c(O)c3c(=O)c1O)COC2. The molecule has 1 aliphatic rings. The highest BCUT2D eigenvalue weighted by atomic mass is 16.5. The Hall–Kier alpha value is -2.47. The number of fused-ring (bicyclic) bond motifs is 3. The minimum Gasteiger partial charge on any atom is -0.504 e. The number of phenolic OH excluding ortho intramolecular Hbond substituents is 3. The number of hydrogen-bond donors (Lipinski definition) is 4. The minimum atomic E-state index is -0.784. The molecule has 6 nitrogen and oxygen atoms in total. The second kappa shape index (κ2) is 4.26. The van der Waals surface area contributed by atoms with Crippen molar-refractivity contribution in [1.82, 2.24) is 0 Å². The van der Waals surface area contributed by atoms with E-state index in [-0.39, 0.29) is 24.2 Å². The largest absolute Gasteiger partial charge is 0.504 e. The number of hydrogen-bond acceptors (Lipinski definition) is 6. The Morgan fingerprint density at radius 3 is 2.05 bits per heavy atom. The van der Waals surface area contributed by atoms with E-state index in [0.29, 0.717) is 22.1 Å². The second-order valence-corrected chi connectivity index (χ2v) is 5.17. The fourth-order valence-electron chi connectivity index (χ4n) is 2.85. The molecule has 1 aliphatic heterocycles. The van der Waals surface area contributed by atoms with Gasteiger partial charge in [-0.25, -0.2) is 0 Å². The van der Waals surface area contributed by atoms with Gasteiger partial charge in [-0.1, -0.05) is 0 Å². The van der Waals surface area contributed by atoms with Gasteiger partial charge < -0.3 is 25.2 Å². The van der Waals surface area contributed by atoms with Crippen molar-refractivity contribution in [2.75, 3.05) is 0 Å². The maximum atomic E-state index is 12.4. The minimum absolute atomic E-state index is 0.199. The van der Waals surface area contributed by atoms with Crippen LogP contribution < -0.4 is 5.43 Å². The average Bonchev–Trinajstić information content (AvgIpc) is 2.92. The molecule has 6 heteroatoms. The number of aromatic hydroxyl groups is 4. The number of ether oxygens (including phenoxy) is 1. The Morgan fingerprint density at radius 1 is 0.762 bits per heavy atom. The molecular weight excluding hydrogens is 276 g/mol. The first kappa shape index (κ1) is 13.5. The molecule has 0 fully saturated rings. The Balaban J connectivity index is 2.77. The summed E-state index contributed by atoms with van der Waals surface area (Å²) >= 11 is 0. The van der Waals surface area contributed by atoms with Crippen molar-refractivity contribution in [3.05, 3.63) is 32.5 Å². The molecule has 0 atom stereocenters. The molecule has 0 bridgehead atoms. The molecule has 4 N–H and O–H groups in total. The lowest BCUT2D eigenvalue weighted by Crippen LogP contribution is -2.01. The number of benzene rings is 1. The normalized spacial score (nSPS) is 13.6. The van der Waals surface area contributed by atoms with Crippen LogP contribution in [0.25, 0.3) is 10.8 Å². The van der Waals surface area contributed by atoms with Gasteiger partial charge in [-0.3, -0.25) is 4.79 Å². The van der Waals surface area contributed by atoms with E-state index >= 15 is 0 Å². The van der Waals surface area contributed by atoms with Crippen LogP contribution in [0.3, 0.4) is 0 Å². The topological polar surface area (TPSA) is 107 Å². The molecule has 1 heterocycles. The summed E-state index contributed by atoms with van der Waals surface area (Å²) < 4.78 is 5.37. The van der Waals surface area contributed by atoms with E-state index in [1.807, 2.05) is 0 Å². The van der Waals surface area contributed by atoms with Crippen LogP contribution >= 0.6 is 0 Å². The highest BCUT2D eigenvalue weighted by molar-refractivity contribution is 5.98. The number of aryl methyl sites for hydroxylation is 1. The van der Waals surface area contributed by atoms with Gasteiger partial charge in [0, 0.05) is 16.5 Å². The molecule has 110 valence electrons. The highest BCUT2D eigenvalue weighted by Crippen LogP contribution is 2.46. The zero-order valence-corrected chi connectivity index (χ0v) is 11.5. The molecule has 0 spiro atoms. The predicted octanol–water partition coefficient (Wildman–Crippen LogP) is 1.67. The molecule has 0 saturated carbocycles. The number of rotatable bonds is 0. The Kier molecular flexibility index (Phi) is 2.74. The van der Waals surface area contributed by atoms with E-state index in [1.54, 1.807) is 6.92 Å². The average molecular weight is 290 g/mol. The fourth-order valence-corrected chi connectivity index (χ4v) is 2.85. The first-order valence-corrected chi connectivity index (χ1v) is 6.38. The summed E-state index contributed by atoms with van der Waals surface area (Å²) in [5.74, 6) is -2.49. The maximum absolute atomic E-state index is 12.4. The lowest BCUT2D eigenvalue weighted by molar-refractivity contribution is 0.134. The lowest BCUT2D eigenvalue weighted by atomic mass is 9.99. The van der Waals surface area contributed by atoms with Gasteiger partial charge in [-0.15, -0.1) is 0 Å². The Bertz CT molecular complexity index is 854. The fraction of sp³-hybridized carbons (Fsp3) is 0.267. The van der Waals surface area contributed by atoms with Gasteiger partial charge in [0.15, 0.2) is 17.2 Å². The third kappa shape index (κ3) is 1.59. The Labute approximate surface area is 119 Å². The third-order valence-corrected chi connectivity index (χ3v) is 4.07. The number of phenols is 3. The molecular formula is C15H14O6. The first-order valence-electron chi connectivity index (χ1n) is 6.38. The highest BCUT2D eigenvalue weighted by Gasteiger charge is 2.26. The summed E-state index contributed by atoms with van der Waals surface area (Å²) in [6.07, 6.45) is 0. The molecule has 21 heavy (non-hydrogen) atoms. The van der Waals surface area contributed by atoms with Crippen molar-refractivity contribution in [2.45, 2.75) is 27.1 Å². The van der Waals surface area contributed by atoms with Crippen molar-refractivity contribution in [3.8, 4) is 23.0 Å². The van der Waals surface area contributed by atoms with E-state index in [1.165, 1.54) is 6.92 Å². The van der Waals surface area contributed by atoms with E-state index in [9.17, 15) is 25.2 Å². The van der Waals surface area contributed by atoms with Gasteiger partial charge in [-0.05, 0) is 25.0 Å². The smallest absolute Gasteiger partial charge is 0.232 e. The zero-order chi connectivity index (χ0) is 15.5. The summed E-state index contributed by atoms with van der Waals surface area (Å²) in [5, 5.41) is 39.9. The molecule has 0 amide bonds. The predicted molar refractivity (Wildman–Crippen MR) is 74.8 cm³/mol. The van der Waals surface area contributed by atoms with E-state index in [2.05, 4.69) is 0 Å². The summed E-state index contributed by atoms with van der Waals surface area (Å²) in [4.78, 5) is 12.4. The van der Waals surface area contributed by atoms with Gasteiger partial charge in [0.2, 0.25) is 11.2 Å². The Morgan fingerprint density at radius 2 is 1.38 bits per heavy atom. The monoisotopic (exact) mass is 290 g/mol. The van der Waals surface area contributed by atoms with Crippen LogP contribution in [0.15, 0.2) is 4.79 Å². The van der Waals surface area contributed by atoms with Gasteiger partial charge >= 0.3 is 0 Å². The van der Waals surface area contributed by atoms with Crippen LogP contribution in [0.4, 0.5) is 0 Å². The van der Waals surface area contributed by atoms with Gasteiger partial charge in [0.1, 0.15) is 0 Å². The van der Waals surface area contributed by atoms with Crippen LogP contribution in [0.2, 0.25) is 0 Å². The van der Waals surface area contributed by atoms with E-state index in [4.69, 9.17) is 4.74 Å². The van der Waals surface area contributed by atoms with Crippen molar-refractivity contribution < 1.29 is 25.2 Å². The van der Waals surface area contributed by atoms with Crippen LogP contribution in [0.5, 0.6) is 23.0 Å². The standard InChI is InChI=1S/C15H14O6/c1-5-7-3-21-4-8(7)9-6(2)12(17)15(20)14(19)10(9)13(18)11(5)16/h17,19-20H,3-4H2,1-2H3,(H,16,18). The van der Waals surface area contributed by atoms with E-state index in [0.717, 1.165) is 0 Å². The van der Waals surface area contributed by atoms with Crippen molar-refractivity contribution in [3.63, 3.8) is 0 Å². The van der Waals surface area contributed by atoms with Crippen molar-refractivity contribution in [1.29, 1.82) is 0 Å². The molecule has 0 aromatic heterocycles. The van der Waals surface area contributed by atoms with Crippen LogP contribution in [0, 0.1) is 13.8 Å². The van der Waals surface area contributed by atoms with Crippen molar-refractivity contribution in [2.24, 2.45) is 0 Å². The molecule has 0 radical (unpaired) electrons. The summed E-state index contributed by atoms with van der Waals surface area (Å²) in [6, 6.07) is 0. The summed E-state index contributed by atoms with van der Waals surface area (Å²) in [6.45, 7) is 3.56. The maximum Gasteiger partial charge on any atom is 0.232 e. The molecule has 0 aliphatic carbocycles. The molecule has 2 aromatic rings. The zero-order valence-electron chi connectivity index (χ0n) is 11.5.